The minimum absolute atomic E-state index is 0.0215. The number of ether oxygens (including phenoxy) is 1. The Labute approximate surface area is 196 Å². The third-order valence-corrected chi connectivity index (χ3v) is 6.12. The van der Waals surface area contributed by atoms with Gasteiger partial charge in [-0.3, -0.25) is 9.88 Å². The van der Waals surface area contributed by atoms with Crippen molar-refractivity contribution in [3.63, 3.8) is 0 Å². The number of rotatable bonds is 5. The number of nitrogens with one attached hydrogen (secondary N) is 1. The smallest absolute Gasteiger partial charge is 0.170 e. The van der Waals surface area contributed by atoms with Crippen LogP contribution in [0.2, 0.25) is 5.02 Å². The number of phenolic OH excluding ortho intramolecular Hbond substituents is 1. The molecule has 0 spiro atoms. The van der Waals surface area contributed by atoms with E-state index in [1.807, 2.05) is 24.3 Å². The summed E-state index contributed by atoms with van der Waals surface area (Å²) in [7, 11) is 0. The Kier molecular flexibility index (Phi) is 6.13. The van der Waals surface area contributed by atoms with Gasteiger partial charge in [0.25, 0.3) is 0 Å². The third-order valence-electron chi connectivity index (χ3n) is 5.83. The topological polar surface area (TPSA) is 57.6 Å². The zero-order chi connectivity index (χ0) is 22.8. The molecule has 0 bridgehead atoms. The lowest BCUT2D eigenvalue weighted by molar-refractivity contribution is 0.0342. The van der Waals surface area contributed by atoms with Gasteiger partial charge < -0.3 is 15.2 Å². The summed E-state index contributed by atoms with van der Waals surface area (Å²) in [6, 6.07) is 18.8. The Hall–Kier alpha value is -3.19. The molecule has 1 saturated heterocycles. The highest BCUT2D eigenvalue weighted by Crippen LogP contribution is 2.35. The zero-order valence-corrected chi connectivity index (χ0v) is 18.6. The monoisotopic (exact) mass is 463 g/mol. The highest BCUT2D eigenvalue weighted by molar-refractivity contribution is 6.32. The second-order valence-electron chi connectivity index (χ2n) is 8.09. The fourth-order valence-electron chi connectivity index (χ4n) is 4.03. The number of hydrogen-bond acceptors (Lipinski definition) is 5. The van der Waals surface area contributed by atoms with Crippen LogP contribution in [0.1, 0.15) is 5.56 Å². The maximum atomic E-state index is 14.0. The van der Waals surface area contributed by atoms with Crippen molar-refractivity contribution in [2.45, 2.75) is 6.54 Å². The number of aromatic nitrogens is 1. The van der Waals surface area contributed by atoms with Crippen LogP contribution in [0.25, 0.3) is 22.0 Å². The quantitative estimate of drug-likeness (QED) is 0.381. The lowest BCUT2D eigenvalue weighted by atomic mass is 10.0. The van der Waals surface area contributed by atoms with Gasteiger partial charge in [-0.1, -0.05) is 29.8 Å². The summed E-state index contributed by atoms with van der Waals surface area (Å²) < 4.78 is 19.4. The summed E-state index contributed by atoms with van der Waals surface area (Å²) in [5, 5.41) is 14.0. The van der Waals surface area contributed by atoms with E-state index in [1.54, 1.807) is 12.3 Å². The van der Waals surface area contributed by atoms with Crippen LogP contribution < -0.4 is 5.32 Å². The lowest BCUT2D eigenvalue weighted by Crippen LogP contribution is -2.35. The van der Waals surface area contributed by atoms with Crippen molar-refractivity contribution >= 4 is 33.9 Å². The predicted molar refractivity (Wildman–Crippen MR) is 130 cm³/mol. The molecule has 2 heterocycles. The van der Waals surface area contributed by atoms with Gasteiger partial charge in [0.15, 0.2) is 11.6 Å². The Balaban J connectivity index is 1.40. The number of aromatic hydroxyl groups is 1. The number of benzene rings is 3. The number of morpholine rings is 1. The van der Waals surface area contributed by atoms with Gasteiger partial charge in [-0.25, -0.2) is 4.39 Å². The largest absolute Gasteiger partial charge is 0.504 e. The molecule has 7 heteroatoms. The fraction of sp³-hybridized carbons (Fsp3) is 0.192. The fourth-order valence-corrected chi connectivity index (χ4v) is 4.24. The van der Waals surface area contributed by atoms with E-state index in [-0.39, 0.29) is 5.02 Å². The van der Waals surface area contributed by atoms with E-state index in [9.17, 15) is 9.50 Å². The van der Waals surface area contributed by atoms with Crippen LogP contribution in [-0.4, -0.2) is 41.3 Å². The van der Waals surface area contributed by atoms with Gasteiger partial charge >= 0.3 is 0 Å². The van der Waals surface area contributed by atoms with Crippen molar-refractivity contribution in [2.24, 2.45) is 0 Å². The number of halogens is 2. The Bertz CT molecular complexity index is 1270. The van der Waals surface area contributed by atoms with Crippen LogP contribution in [0.4, 0.5) is 15.8 Å². The lowest BCUT2D eigenvalue weighted by Gasteiger charge is -2.26. The maximum Gasteiger partial charge on any atom is 0.170 e. The Morgan fingerprint density at radius 1 is 1.00 bits per heavy atom. The van der Waals surface area contributed by atoms with Gasteiger partial charge in [-0.05, 0) is 59.2 Å². The molecule has 2 N–H and O–H groups in total. The van der Waals surface area contributed by atoms with Crippen LogP contribution in [0.3, 0.4) is 0 Å². The Morgan fingerprint density at radius 2 is 1.79 bits per heavy atom. The first-order valence-corrected chi connectivity index (χ1v) is 11.2. The summed E-state index contributed by atoms with van der Waals surface area (Å²) in [5.74, 6) is -1.29. The predicted octanol–water partition coefficient (Wildman–Crippen LogP) is 5.98. The third kappa shape index (κ3) is 4.78. The number of fused-ring (bicyclic) bond motifs is 1. The minimum Gasteiger partial charge on any atom is -0.504 e. The Morgan fingerprint density at radius 3 is 2.55 bits per heavy atom. The SMILES string of the molecule is Oc1c(F)cc(-c2ccc3nccc(Nc4ccc(CN5CCOCC5)cc4)c3c2)cc1Cl. The maximum absolute atomic E-state index is 14.0. The average Bonchev–Trinajstić information content (AvgIpc) is 2.84. The molecule has 1 aromatic heterocycles. The van der Waals surface area contributed by atoms with Crippen LogP contribution in [-0.2, 0) is 11.3 Å². The molecule has 0 radical (unpaired) electrons. The molecule has 168 valence electrons. The van der Waals surface area contributed by atoms with Crippen molar-refractivity contribution in [3.05, 3.63) is 83.3 Å². The molecule has 1 aliphatic heterocycles. The molecule has 3 aromatic carbocycles. The summed E-state index contributed by atoms with van der Waals surface area (Å²) in [4.78, 5) is 6.84. The van der Waals surface area contributed by atoms with Gasteiger partial charge in [-0.15, -0.1) is 0 Å². The summed E-state index contributed by atoms with van der Waals surface area (Å²) in [6.45, 7) is 4.42. The first-order chi connectivity index (χ1) is 16.1. The highest BCUT2D eigenvalue weighted by atomic mass is 35.5. The van der Waals surface area contributed by atoms with Crippen molar-refractivity contribution in [3.8, 4) is 16.9 Å². The molecule has 1 fully saturated rings. The summed E-state index contributed by atoms with van der Waals surface area (Å²) >= 11 is 5.98. The van der Waals surface area contributed by atoms with Crippen LogP contribution in [0, 0.1) is 5.82 Å². The van der Waals surface area contributed by atoms with Gasteiger partial charge in [0, 0.05) is 42.6 Å². The van der Waals surface area contributed by atoms with Gasteiger partial charge in [0.2, 0.25) is 0 Å². The van der Waals surface area contributed by atoms with Crippen molar-refractivity contribution in [1.82, 2.24) is 9.88 Å². The molecule has 0 unspecified atom stereocenters. The second-order valence-corrected chi connectivity index (χ2v) is 8.50. The van der Waals surface area contributed by atoms with E-state index >= 15 is 0 Å². The van der Waals surface area contributed by atoms with Gasteiger partial charge in [0.05, 0.1) is 23.8 Å². The van der Waals surface area contributed by atoms with Gasteiger partial charge in [-0.2, -0.15) is 0 Å². The molecule has 0 saturated carbocycles. The van der Waals surface area contributed by atoms with E-state index in [2.05, 4.69) is 39.5 Å². The molecule has 1 aliphatic rings. The van der Waals surface area contributed by atoms with E-state index in [0.717, 1.165) is 60.7 Å². The van der Waals surface area contributed by atoms with Crippen molar-refractivity contribution < 1.29 is 14.2 Å². The number of phenols is 1. The molecular weight excluding hydrogens is 441 g/mol. The molecule has 5 nitrogen and oxygen atoms in total. The van der Waals surface area contributed by atoms with Crippen LogP contribution in [0.15, 0.2) is 66.9 Å². The van der Waals surface area contributed by atoms with E-state index < -0.39 is 11.6 Å². The highest BCUT2D eigenvalue weighted by Gasteiger charge is 2.12. The number of pyridine rings is 1. The first kappa shape index (κ1) is 21.6. The molecule has 5 rings (SSSR count). The number of hydrogen-bond donors (Lipinski definition) is 2. The van der Waals surface area contributed by atoms with E-state index in [1.165, 1.54) is 11.6 Å². The second kappa shape index (κ2) is 9.35. The first-order valence-electron chi connectivity index (χ1n) is 10.8. The van der Waals surface area contributed by atoms with Gasteiger partial charge in [0.1, 0.15) is 0 Å². The van der Waals surface area contributed by atoms with Crippen LogP contribution >= 0.6 is 11.6 Å². The molecule has 0 atom stereocenters. The summed E-state index contributed by atoms with van der Waals surface area (Å²) in [5.41, 5.74) is 5.30. The van der Waals surface area contributed by atoms with E-state index in [4.69, 9.17) is 16.3 Å². The molecule has 33 heavy (non-hydrogen) atoms. The molecule has 4 aromatic rings. The summed E-state index contributed by atoms with van der Waals surface area (Å²) in [6.07, 6.45) is 1.76. The molecule has 0 aliphatic carbocycles. The number of nitrogens with zero attached hydrogens (tertiary/aromatic N) is 2. The van der Waals surface area contributed by atoms with Crippen molar-refractivity contribution in [1.29, 1.82) is 0 Å². The average molecular weight is 464 g/mol. The minimum atomic E-state index is -0.751. The zero-order valence-electron chi connectivity index (χ0n) is 17.9. The van der Waals surface area contributed by atoms with Crippen molar-refractivity contribution in [2.75, 3.05) is 31.6 Å². The standard InChI is InChI=1S/C26H23ClFN3O2/c27-22-14-19(15-23(28)26(22)32)18-3-6-24-21(13-18)25(7-8-29-24)30-20-4-1-17(2-5-20)16-31-9-11-33-12-10-31/h1-8,13-15,32H,9-12,16H2,(H,29,30). The molecular formula is C26H23ClFN3O2. The number of anilines is 2. The molecule has 0 amide bonds. The van der Waals surface area contributed by atoms with E-state index in [0.29, 0.717) is 5.56 Å². The normalized spacial score (nSPS) is 14.5. The van der Waals surface area contributed by atoms with Crippen LogP contribution in [0.5, 0.6) is 5.75 Å².